The SMILES string of the molecule is O=C(C1CC(c2ccc(O)cc2)NN1)N(Cc1cccnc1)C1CCCCC1. The highest BCUT2D eigenvalue weighted by atomic mass is 16.3. The number of nitrogens with one attached hydrogen (secondary N) is 2. The third-order valence-electron chi connectivity index (χ3n) is 5.87. The number of rotatable bonds is 5. The Morgan fingerprint density at radius 2 is 1.89 bits per heavy atom. The molecule has 1 aromatic carbocycles. The van der Waals surface area contributed by atoms with Crippen molar-refractivity contribution in [3.63, 3.8) is 0 Å². The molecule has 0 radical (unpaired) electrons. The Balaban J connectivity index is 1.47. The van der Waals surface area contributed by atoms with Crippen molar-refractivity contribution in [1.29, 1.82) is 0 Å². The molecule has 2 fully saturated rings. The van der Waals surface area contributed by atoms with Crippen LogP contribution in [0.25, 0.3) is 0 Å². The number of aromatic hydroxyl groups is 1. The number of hydrogen-bond donors (Lipinski definition) is 3. The summed E-state index contributed by atoms with van der Waals surface area (Å²) >= 11 is 0. The second kappa shape index (κ2) is 8.71. The summed E-state index contributed by atoms with van der Waals surface area (Å²) in [5.74, 6) is 0.409. The Bertz CT molecular complexity index is 775. The lowest BCUT2D eigenvalue weighted by molar-refractivity contribution is -0.137. The van der Waals surface area contributed by atoms with Crippen molar-refractivity contribution in [2.45, 2.75) is 63.2 Å². The monoisotopic (exact) mass is 380 g/mol. The van der Waals surface area contributed by atoms with Gasteiger partial charge in [0.1, 0.15) is 11.8 Å². The largest absolute Gasteiger partial charge is 0.508 e. The van der Waals surface area contributed by atoms with Crippen molar-refractivity contribution in [3.8, 4) is 5.75 Å². The fourth-order valence-electron chi connectivity index (χ4n) is 4.31. The number of nitrogens with zero attached hydrogens (tertiary/aromatic N) is 2. The molecule has 2 unspecified atom stereocenters. The lowest BCUT2D eigenvalue weighted by Crippen LogP contribution is -2.49. The smallest absolute Gasteiger partial charge is 0.241 e. The van der Waals surface area contributed by atoms with E-state index in [4.69, 9.17) is 0 Å². The molecular formula is C22H28N4O2. The summed E-state index contributed by atoms with van der Waals surface area (Å²) in [6.07, 6.45) is 10.1. The number of phenolic OH excluding ortho intramolecular Hbond substituents is 1. The van der Waals surface area contributed by atoms with Crippen LogP contribution >= 0.6 is 0 Å². The third-order valence-corrected chi connectivity index (χ3v) is 5.87. The zero-order valence-corrected chi connectivity index (χ0v) is 16.1. The molecule has 28 heavy (non-hydrogen) atoms. The minimum absolute atomic E-state index is 0.0566. The van der Waals surface area contributed by atoms with E-state index in [1.165, 1.54) is 19.3 Å². The highest BCUT2D eigenvalue weighted by molar-refractivity contribution is 5.82. The number of amides is 1. The van der Waals surface area contributed by atoms with Crippen molar-refractivity contribution in [1.82, 2.24) is 20.7 Å². The Kier molecular flexibility index (Phi) is 5.88. The van der Waals surface area contributed by atoms with Crippen LogP contribution in [-0.4, -0.2) is 33.0 Å². The Morgan fingerprint density at radius 3 is 2.61 bits per heavy atom. The van der Waals surface area contributed by atoms with Crippen molar-refractivity contribution >= 4 is 5.91 Å². The maximum Gasteiger partial charge on any atom is 0.241 e. The van der Waals surface area contributed by atoms with E-state index in [9.17, 15) is 9.90 Å². The van der Waals surface area contributed by atoms with Crippen LogP contribution in [0.1, 0.15) is 55.7 Å². The predicted molar refractivity (Wildman–Crippen MR) is 107 cm³/mol. The number of carbonyl (C=O) groups is 1. The van der Waals surface area contributed by atoms with Crippen molar-refractivity contribution in [3.05, 3.63) is 59.9 Å². The van der Waals surface area contributed by atoms with Crippen LogP contribution in [0.15, 0.2) is 48.8 Å². The normalized spacial score (nSPS) is 22.9. The molecule has 1 saturated heterocycles. The average molecular weight is 380 g/mol. The quantitative estimate of drug-likeness (QED) is 0.743. The molecule has 0 spiro atoms. The fraction of sp³-hybridized carbons (Fsp3) is 0.455. The molecule has 1 aliphatic carbocycles. The lowest BCUT2D eigenvalue weighted by atomic mass is 9.93. The maximum absolute atomic E-state index is 13.4. The zero-order chi connectivity index (χ0) is 19.3. The minimum atomic E-state index is -0.252. The minimum Gasteiger partial charge on any atom is -0.508 e. The standard InChI is InChI=1S/C22H28N4O2/c27-19-10-8-17(9-11-19)20-13-21(25-24-20)22(28)26(18-6-2-1-3-7-18)15-16-5-4-12-23-14-16/h4-5,8-12,14,18,20-21,24-25,27H,1-3,6-7,13,15H2. The van der Waals surface area contributed by atoms with Gasteiger partial charge in [-0.1, -0.05) is 37.5 Å². The van der Waals surface area contributed by atoms with E-state index in [-0.39, 0.29) is 23.7 Å². The van der Waals surface area contributed by atoms with E-state index in [0.29, 0.717) is 19.0 Å². The molecule has 2 atom stereocenters. The first-order valence-electron chi connectivity index (χ1n) is 10.2. The summed E-state index contributed by atoms with van der Waals surface area (Å²) in [5, 5.41) is 9.49. The number of hydrazine groups is 1. The fourth-order valence-corrected chi connectivity index (χ4v) is 4.31. The molecule has 1 amide bonds. The number of pyridine rings is 1. The first kappa shape index (κ1) is 18.9. The van der Waals surface area contributed by atoms with Gasteiger partial charge in [0.25, 0.3) is 0 Å². The molecule has 1 saturated carbocycles. The molecule has 1 aromatic heterocycles. The molecule has 1 aliphatic heterocycles. The summed E-state index contributed by atoms with van der Waals surface area (Å²) in [5.41, 5.74) is 8.60. The molecule has 4 rings (SSSR count). The van der Waals surface area contributed by atoms with Gasteiger partial charge in [-0.3, -0.25) is 9.78 Å². The number of carbonyl (C=O) groups excluding carboxylic acids is 1. The molecule has 0 bridgehead atoms. The highest BCUT2D eigenvalue weighted by Crippen LogP contribution is 2.28. The molecule has 2 aromatic rings. The van der Waals surface area contributed by atoms with Crippen LogP contribution in [-0.2, 0) is 11.3 Å². The first-order valence-corrected chi connectivity index (χ1v) is 10.2. The summed E-state index contributed by atoms with van der Waals surface area (Å²) < 4.78 is 0. The van der Waals surface area contributed by atoms with Gasteiger partial charge in [-0.15, -0.1) is 0 Å². The van der Waals surface area contributed by atoms with E-state index in [1.807, 2.05) is 30.5 Å². The van der Waals surface area contributed by atoms with Gasteiger partial charge >= 0.3 is 0 Å². The lowest BCUT2D eigenvalue weighted by Gasteiger charge is -2.36. The molecule has 148 valence electrons. The number of phenols is 1. The van der Waals surface area contributed by atoms with Crippen LogP contribution in [0.4, 0.5) is 0 Å². The zero-order valence-electron chi connectivity index (χ0n) is 16.1. The van der Waals surface area contributed by atoms with Crippen LogP contribution in [0.5, 0.6) is 5.75 Å². The number of hydrogen-bond acceptors (Lipinski definition) is 5. The van der Waals surface area contributed by atoms with E-state index in [1.54, 1.807) is 18.3 Å². The Morgan fingerprint density at radius 1 is 1.11 bits per heavy atom. The predicted octanol–water partition coefficient (Wildman–Crippen LogP) is 3.06. The Hall–Kier alpha value is -2.44. The van der Waals surface area contributed by atoms with Gasteiger partial charge in [-0.25, -0.2) is 10.9 Å². The van der Waals surface area contributed by atoms with Gasteiger partial charge in [0.15, 0.2) is 0 Å². The van der Waals surface area contributed by atoms with Gasteiger partial charge in [0, 0.05) is 31.0 Å². The van der Waals surface area contributed by atoms with Crippen molar-refractivity contribution in [2.24, 2.45) is 0 Å². The summed E-state index contributed by atoms with van der Waals surface area (Å²) in [6.45, 7) is 0.611. The van der Waals surface area contributed by atoms with Crippen LogP contribution in [0.2, 0.25) is 0 Å². The van der Waals surface area contributed by atoms with Crippen LogP contribution < -0.4 is 10.9 Å². The molecule has 3 N–H and O–H groups in total. The molecule has 6 heteroatoms. The van der Waals surface area contributed by atoms with E-state index >= 15 is 0 Å². The van der Waals surface area contributed by atoms with Crippen molar-refractivity contribution in [2.75, 3.05) is 0 Å². The summed E-state index contributed by atoms with van der Waals surface area (Å²) in [4.78, 5) is 19.7. The molecule has 2 heterocycles. The van der Waals surface area contributed by atoms with E-state index < -0.39 is 0 Å². The topological polar surface area (TPSA) is 77.5 Å². The summed E-state index contributed by atoms with van der Waals surface area (Å²) in [7, 11) is 0. The second-order valence-corrected chi connectivity index (χ2v) is 7.84. The van der Waals surface area contributed by atoms with Gasteiger partial charge in [-0.2, -0.15) is 0 Å². The average Bonchev–Trinajstić information content (AvgIpc) is 3.24. The van der Waals surface area contributed by atoms with Crippen molar-refractivity contribution < 1.29 is 9.90 Å². The first-order chi connectivity index (χ1) is 13.7. The number of benzene rings is 1. The maximum atomic E-state index is 13.4. The Labute approximate surface area is 165 Å². The van der Waals surface area contributed by atoms with E-state index in [2.05, 4.69) is 20.7 Å². The third kappa shape index (κ3) is 4.34. The molecular weight excluding hydrogens is 352 g/mol. The van der Waals surface area contributed by atoms with Gasteiger partial charge in [-0.05, 0) is 48.6 Å². The summed E-state index contributed by atoms with van der Waals surface area (Å²) in [6, 6.07) is 11.2. The van der Waals surface area contributed by atoms with Crippen LogP contribution in [0.3, 0.4) is 0 Å². The number of aromatic nitrogens is 1. The van der Waals surface area contributed by atoms with Gasteiger partial charge in [0.2, 0.25) is 5.91 Å². The van der Waals surface area contributed by atoms with Crippen LogP contribution in [0, 0.1) is 0 Å². The second-order valence-electron chi connectivity index (χ2n) is 7.84. The van der Waals surface area contributed by atoms with E-state index in [0.717, 1.165) is 24.0 Å². The van der Waals surface area contributed by atoms with Gasteiger partial charge < -0.3 is 10.0 Å². The molecule has 6 nitrogen and oxygen atoms in total. The highest BCUT2D eigenvalue weighted by Gasteiger charge is 2.35. The molecule has 2 aliphatic rings. The van der Waals surface area contributed by atoms with Gasteiger partial charge in [0.05, 0.1) is 0 Å².